The zero-order valence-electron chi connectivity index (χ0n) is 11.2. The number of hydrogen-bond acceptors (Lipinski definition) is 4. The molecule has 3 rings (SSSR count). The summed E-state index contributed by atoms with van der Waals surface area (Å²) in [6, 6.07) is 11.3. The first kappa shape index (κ1) is 13.6. The highest BCUT2D eigenvalue weighted by Crippen LogP contribution is 2.22. The molecule has 0 aliphatic heterocycles. The first-order chi connectivity index (χ1) is 10.1. The van der Waals surface area contributed by atoms with Gasteiger partial charge in [0.05, 0.1) is 10.6 Å². The summed E-state index contributed by atoms with van der Waals surface area (Å²) in [5.74, 6) is 0. The van der Waals surface area contributed by atoms with Gasteiger partial charge in [0.2, 0.25) is 0 Å². The molecule has 0 unspecified atom stereocenters. The van der Waals surface area contributed by atoms with Crippen molar-refractivity contribution in [1.29, 1.82) is 0 Å². The Morgan fingerprint density at radius 1 is 1.14 bits per heavy atom. The molecule has 0 bridgehead atoms. The lowest BCUT2D eigenvalue weighted by Gasteiger charge is -2.08. The zero-order chi connectivity index (χ0) is 15.0. The fourth-order valence-electron chi connectivity index (χ4n) is 2.26. The monoisotopic (exact) mass is 298 g/mol. The van der Waals surface area contributed by atoms with Crippen LogP contribution >= 0.6 is 0 Å². The molecule has 0 fully saturated rings. The first-order valence-corrected chi connectivity index (χ1v) is 7.72. The van der Waals surface area contributed by atoms with Crippen molar-refractivity contribution in [3.05, 3.63) is 54.4 Å². The highest BCUT2D eigenvalue weighted by atomic mass is 32.2. The number of rotatable bonds is 3. The summed E-state index contributed by atoms with van der Waals surface area (Å²) < 4.78 is 26.5. The molecule has 2 aromatic heterocycles. The van der Waals surface area contributed by atoms with Crippen LogP contribution in [0.25, 0.3) is 11.0 Å². The number of nitrogens with zero attached hydrogens (tertiary/aromatic N) is 2. The summed E-state index contributed by atoms with van der Waals surface area (Å²) in [4.78, 5) is 15.5. The lowest BCUT2D eigenvalue weighted by atomic mass is 9.94. The molecule has 21 heavy (non-hydrogen) atoms. The largest absolute Gasteiger partial charge is 0.296 e. The predicted octanol–water partition coefficient (Wildman–Crippen LogP) is 0.344. The van der Waals surface area contributed by atoms with Gasteiger partial charge in [0.25, 0.3) is 10.0 Å². The Morgan fingerprint density at radius 2 is 1.86 bits per heavy atom. The van der Waals surface area contributed by atoms with Crippen molar-refractivity contribution in [2.45, 2.75) is 4.90 Å². The molecule has 5 nitrogen and oxygen atoms in total. The number of aromatic nitrogens is 2. The van der Waals surface area contributed by atoms with Crippen LogP contribution in [0.2, 0.25) is 0 Å². The Bertz CT molecular complexity index is 934. The average Bonchev–Trinajstić information content (AvgIpc) is 2.89. The van der Waals surface area contributed by atoms with Crippen molar-refractivity contribution in [2.75, 3.05) is 0 Å². The van der Waals surface area contributed by atoms with Gasteiger partial charge in [-0.25, -0.2) is 17.4 Å². The van der Waals surface area contributed by atoms with E-state index in [0.717, 1.165) is 9.44 Å². The molecule has 1 aromatic carbocycles. The smallest absolute Gasteiger partial charge is 0.270 e. The van der Waals surface area contributed by atoms with Gasteiger partial charge in [-0.15, -0.1) is 0 Å². The third-order valence-corrected chi connectivity index (χ3v) is 5.04. The van der Waals surface area contributed by atoms with Crippen LogP contribution in [-0.4, -0.2) is 31.5 Å². The van der Waals surface area contributed by atoms with E-state index in [1.54, 1.807) is 30.3 Å². The average molecular weight is 298 g/mol. The fourth-order valence-corrected chi connectivity index (χ4v) is 3.72. The van der Waals surface area contributed by atoms with Gasteiger partial charge >= 0.3 is 0 Å². The van der Waals surface area contributed by atoms with E-state index in [0.29, 0.717) is 11.7 Å². The number of aldehydes is 1. The molecule has 0 aliphatic carbocycles. The van der Waals surface area contributed by atoms with Gasteiger partial charge in [-0.2, -0.15) is 0 Å². The summed E-state index contributed by atoms with van der Waals surface area (Å²) in [7, 11) is -2.01. The van der Waals surface area contributed by atoms with Crippen LogP contribution < -0.4 is 5.46 Å². The van der Waals surface area contributed by atoms with Gasteiger partial charge in [-0.05, 0) is 24.3 Å². The van der Waals surface area contributed by atoms with Crippen molar-refractivity contribution in [3.8, 4) is 0 Å². The predicted molar refractivity (Wildman–Crippen MR) is 82.3 cm³/mol. The van der Waals surface area contributed by atoms with E-state index in [1.807, 2.05) is 7.85 Å². The van der Waals surface area contributed by atoms with Gasteiger partial charge < -0.3 is 0 Å². The second kappa shape index (κ2) is 4.85. The van der Waals surface area contributed by atoms with Crippen molar-refractivity contribution < 1.29 is 13.2 Å². The van der Waals surface area contributed by atoms with Gasteiger partial charge in [0.1, 0.15) is 7.85 Å². The molecular formula is C14H11BN2O3S. The quantitative estimate of drug-likeness (QED) is 0.516. The van der Waals surface area contributed by atoms with Gasteiger partial charge in [-0.3, -0.25) is 4.79 Å². The lowest BCUT2D eigenvalue weighted by molar-refractivity contribution is 0.111. The standard InChI is InChI=1S/C14H11BN2O3S/c15-13-6-7-16-14-12(13)8-10(9-18)17(14)21(19,20)11-4-2-1-3-5-11/h1-9H,15H2. The van der Waals surface area contributed by atoms with E-state index in [2.05, 4.69) is 4.98 Å². The minimum absolute atomic E-state index is 0.0654. The minimum atomic E-state index is -3.86. The maximum Gasteiger partial charge on any atom is 0.270 e. The van der Waals surface area contributed by atoms with E-state index in [1.165, 1.54) is 18.3 Å². The Kier molecular flexibility index (Phi) is 3.14. The molecule has 0 spiro atoms. The molecule has 2 heterocycles. The molecule has 0 atom stereocenters. The van der Waals surface area contributed by atoms with Crippen LogP contribution in [-0.2, 0) is 10.0 Å². The highest BCUT2D eigenvalue weighted by Gasteiger charge is 2.23. The molecule has 0 aliphatic rings. The summed E-state index contributed by atoms with van der Waals surface area (Å²) >= 11 is 0. The number of carbonyl (C=O) groups excluding carboxylic acids is 1. The third kappa shape index (κ3) is 2.06. The normalized spacial score (nSPS) is 11.6. The Labute approximate surface area is 122 Å². The van der Waals surface area contributed by atoms with Crippen LogP contribution in [0.4, 0.5) is 0 Å². The van der Waals surface area contributed by atoms with Crippen LogP contribution in [0.5, 0.6) is 0 Å². The van der Waals surface area contributed by atoms with Gasteiger partial charge in [-0.1, -0.05) is 23.7 Å². The molecule has 7 heteroatoms. The SMILES string of the molecule is Bc1ccnc2c1cc(C=O)n2S(=O)(=O)c1ccccc1. The number of pyridine rings is 1. The number of carbonyl (C=O) groups is 1. The second-order valence-corrected chi connectivity index (χ2v) is 6.42. The summed E-state index contributed by atoms with van der Waals surface area (Å²) in [6.07, 6.45) is 2.06. The van der Waals surface area contributed by atoms with E-state index < -0.39 is 10.0 Å². The zero-order valence-corrected chi connectivity index (χ0v) is 12.0. The van der Waals surface area contributed by atoms with E-state index in [9.17, 15) is 13.2 Å². The van der Waals surface area contributed by atoms with E-state index in [4.69, 9.17) is 0 Å². The maximum absolute atomic E-state index is 12.8. The number of benzene rings is 1. The van der Waals surface area contributed by atoms with Crippen LogP contribution in [0.3, 0.4) is 0 Å². The van der Waals surface area contributed by atoms with E-state index in [-0.39, 0.29) is 16.2 Å². The van der Waals surface area contributed by atoms with E-state index >= 15 is 0 Å². The molecule has 104 valence electrons. The highest BCUT2D eigenvalue weighted by molar-refractivity contribution is 7.90. The molecule has 0 saturated heterocycles. The molecule has 0 amide bonds. The van der Waals surface area contributed by atoms with Crippen molar-refractivity contribution >= 4 is 40.7 Å². The number of hydrogen-bond donors (Lipinski definition) is 0. The van der Waals surface area contributed by atoms with Crippen LogP contribution in [0.1, 0.15) is 10.5 Å². The van der Waals surface area contributed by atoms with Crippen molar-refractivity contribution in [1.82, 2.24) is 8.96 Å². The Morgan fingerprint density at radius 3 is 2.52 bits per heavy atom. The van der Waals surface area contributed by atoms with Crippen LogP contribution in [0.15, 0.2) is 53.6 Å². The number of fused-ring (bicyclic) bond motifs is 1. The summed E-state index contributed by atoms with van der Waals surface area (Å²) in [5, 5.41) is 0.652. The summed E-state index contributed by atoms with van der Waals surface area (Å²) in [6.45, 7) is 0. The molecule has 0 radical (unpaired) electrons. The molecule has 0 saturated carbocycles. The topological polar surface area (TPSA) is 69.0 Å². The van der Waals surface area contributed by atoms with Crippen molar-refractivity contribution in [2.24, 2.45) is 0 Å². The molecule has 3 aromatic rings. The fraction of sp³-hybridized carbons (Fsp3) is 0. The van der Waals surface area contributed by atoms with Gasteiger partial charge in [0, 0.05) is 11.6 Å². The second-order valence-electron chi connectivity index (χ2n) is 4.63. The Balaban J connectivity index is 2.40. The molecule has 0 N–H and O–H groups in total. The third-order valence-electron chi connectivity index (χ3n) is 3.31. The molecular weight excluding hydrogens is 287 g/mol. The lowest BCUT2D eigenvalue weighted by Crippen LogP contribution is -2.16. The van der Waals surface area contributed by atoms with Crippen molar-refractivity contribution in [3.63, 3.8) is 0 Å². The maximum atomic E-state index is 12.8. The Hall–Kier alpha value is -2.41. The summed E-state index contributed by atoms with van der Waals surface area (Å²) in [5.41, 5.74) is 1.20. The first-order valence-electron chi connectivity index (χ1n) is 6.28. The minimum Gasteiger partial charge on any atom is -0.296 e. The van der Waals surface area contributed by atoms with Gasteiger partial charge in [0.15, 0.2) is 11.9 Å². The van der Waals surface area contributed by atoms with Crippen LogP contribution in [0, 0.1) is 0 Å².